The number of hydrogen-bond donors (Lipinski definition) is 0. The minimum atomic E-state index is -0.371. The van der Waals surface area contributed by atoms with E-state index >= 15 is 0 Å². The number of rotatable bonds is 4. The van der Waals surface area contributed by atoms with Crippen molar-refractivity contribution < 1.29 is 14.0 Å². The van der Waals surface area contributed by atoms with Crippen molar-refractivity contribution in [2.75, 3.05) is 0 Å². The molecular formula is C19H22BIO3. The van der Waals surface area contributed by atoms with Gasteiger partial charge in [0.15, 0.2) is 0 Å². The molecule has 126 valence electrons. The molecule has 2 aromatic rings. The van der Waals surface area contributed by atoms with E-state index in [1.54, 1.807) is 0 Å². The number of halogens is 1. The monoisotopic (exact) mass is 436 g/mol. The van der Waals surface area contributed by atoms with Crippen LogP contribution in [0.2, 0.25) is 0 Å². The molecule has 0 N–H and O–H groups in total. The summed E-state index contributed by atoms with van der Waals surface area (Å²) in [4.78, 5) is 0. The summed E-state index contributed by atoms with van der Waals surface area (Å²) in [7, 11) is -0.371. The van der Waals surface area contributed by atoms with Crippen molar-refractivity contribution >= 4 is 35.2 Å². The third-order valence-corrected chi connectivity index (χ3v) is 5.67. The fourth-order valence-electron chi connectivity index (χ4n) is 2.58. The predicted octanol–water partition coefficient (Wildman–Crippen LogP) is 4.17. The van der Waals surface area contributed by atoms with Crippen molar-refractivity contribution in [3.05, 3.63) is 57.7 Å². The third-order valence-electron chi connectivity index (χ3n) is 4.78. The van der Waals surface area contributed by atoms with Gasteiger partial charge in [0, 0.05) is 0 Å². The van der Waals surface area contributed by atoms with Crippen LogP contribution in [0.25, 0.3) is 0 Å². The second kappa shape index (κ2) is 6.69. The molecule has 0 aromatic heterocycles. The van der Waals surface area contributed by atoms with Crippen LogP contribution in [0.4, 0.5) is 0 Å². The largest absolute Gasteiger partial charge is 0.495 e. The molecule has 24 heavy (non-hydrogen) atoms. The minimum absolute atomic E-state index is 0.347. The van der Waals surface area contributed by atoms with Gasteiger partial charge in [-0.2, -0.15) is 0 Å². The lowest BCUT2D eigenvalue weighted by Crippen LogP contribution is -2.41. The average Bonchev–Trinajstić information content (AvgIpc) is 2.75. The van der Waals surface area contributed by atoms with E-state index < -0.39 is 0 Å². The highest BCUT2D eigenvalue weighted by Gasteiger charge is 2.52. The van der Waals surface area contributed by atoms with Gasteiger partial charge in [-0.3, -0.25) is 0 Å². The van der Waals surface area contributed by atoms with Crippen LogP contribution in [0.1, 0.15) is 33.3 Å². The quantitative estimate of drug-likeness (QED) is 0.532. The summed E-state index contributed by atoms with van der Waals surface area (Å²) in [6, 6.07) is 16.2. The Bertz CT molecular complexity index is 714. The maximum absolute atomic E-state index is 6.19. The van der Waals surface area contributed by atoms with Crippen LogP contribution in [-0.4, -0.2) is 18.3 Å². The van der Waals surface area contributed by atoms with Gasteiger partial charge in [0.25, 0.3) is 0 Å². The molecule has 1 aliphatic rings. The highest BCUT2D eigenvalue weighted by atomic mass is 127. The maximum atomic E-state index is 6.19. The van der Waals surface area contributed by atoms with Gasteiger partial charge in [0.1, 0.15) is 12.4 Å². The second-order valence-corrected chi connectivity index (χ2v) is 8.17. The van der Waals surface area contributed by atoms with Crippen molar-refractivity contribution in [3.63, 3.8) is 0 Å². The van der Waals surface area contributed by atoms with Crippen LogP contribution in [0.3, 0.4) is 0 Å². The molecule has 0 unspecified atom stereocenters. The van der Waals surface area contributed by atoms with E-state index in [1.807, 2.05) is 36.4 Å². The Morgan fingerprint density at radius 2 is 1.50 bits per heavy atom. The summed E-state index contributed by atoms with van der Waals surface area (Å²) in [6.07, 6.45) is 0. The van der Waals surface area contributed by atoms with E-state index in [9.17, 15) is 0 Å². The molecule has 0 bridgehead atoms. The van der Waals surface area contributed by atoms with Gasteiger partial charge in [-0.1, -0.05) is 36.4 Å². The lowest BCUT2D eigenvalue weighted by Gasteiger charge is -2.32. The lowest BCUT2D eigenvalue weighted by atomic mass is 9.76. The molecule has 0 saturated carbocycles. The van der Waals surface area contributed by atoms with Crippen molar-refractivity contribution in [2.24, 2.45) is 0 Å². The molecule has 1 saturated heterocycles. The van der Waals surface area contributed by atoms with Crippen LogP contribution in [0.5, 0.6) is 5.75 Å². The van der Waals surface area contributed by atoms with Crippen LogP contribution in [0.15, 0.2) is 48.5 Å². The average molecular weight is 436 g/mol. The smallest absolute Gasteiger partial charge is 0.488 e. The van der Waals surface area contributed by atoms with Crippen LogP contribution < -0.4 is 10.2 Å². The van der Waals surface area contributed by atoms with Gasteiger partial charge >= 0.3 is 7.12 Å². The third kappa shape index (κ3) is 3.48. The first kappa shape index (κ1) is 17.8. The molecule has 0 atom stereocenters. The van der Waals surface area contributed by atoms with E-state index in [1.165, 1.54) is 0 Å². The fraction of sp³-hybridized carbons (Fsp3) is 0.368. The second-order valence-electron chi connectivity index (χ2n) is 7.01. The zero-order valence-electron chi connectivity index (χ0n) is 14.5. The van der Waals surface area contributed by atoms with E-state index in [0.717, 1.165) is 20.3 Å². The maximum Gasteiger partial charge on any atom is 0.495 e. The lowest BCUT2D eigenvalue weighted by molar-refractivity contribution is 0.00578. The van der Waals surface area contributed by atoms with E-state index in [2.05, 4.69) is 62.4 Å². The van der Waals surface area contributed by atoms with Crippen molar-refractivity contribution in [1.29, 1.82) is 0 Å². The standard InChI is InChI=1S/C19H22BIO3/c1-18(2)19(3,4)24-20(23-18)15-10-6-5-9-14(15)13-22-17-12-8-7-11-16(17)21/h5-12H,13H2,1-4H3. The molecule has 2 aromatic carbocycles. The van der Waals surface area contributed by atoms with Crippen LogP contribution in [0, 0.1) is 3.57 Å². The summed E-state index contributed by atoms with van der Waals surface area (Å²) >= 11 is 2.28. The first-order chi connectivity index (χ1) is 11.3. The Morgan fingerprint density at radius 1 is 0.917 bits per heavy atom. The molecule has 3 rings (SSSR count). The zero-order valence-corrected chi connectivity index (χ0v) is 16.7. The first-order valence-electron chi connectivity index (χ1n) is 8.11. The van der Waals surface area contributed by atoms with Crippen LogP contribution in [-0.2, 0) is 15.9 Å². The molecule has 0 amide bonds. The van der Waals surface area contributed by atoms with Crippen molar-refractivity contribution in [1.82, 2.24) is 0 Å². The Hall–Kier alpha value is -1.05. The summed E-state index contributed by atoms with van der Waals surface area (Å²) in [5.41, 5.74) is 1.42. The van der Waals surface area contributed by atoms with Crippen LogP contribution >= 0.6 is 22.6 Å². The van der Waals surface area contributed by atoms with Crippen molar-refractivity contribution in [2.45, 2.75) is 45.5 Å². The molecule has 0 radical (unpaired) electrons. The first-order valence-corrected chi connectivity index (χ1v) is 9.19. The normalized spacial score (nSPS) is 18.6. The summed E-state index contributed by atoms with van der Waals surface area (Å²) in [5, 5.41) is 0. The Kier molecular flexibility index (Phi) is 4.95. The number of para-hydroxylation sites is 1. The van der Waals surface area contributed by atoms with E-state index in [4.69, 9.17) is 14.0 Å². The summed E-state index contributed by atoms with van der Waals surface area (Å²) in [6.45, 7) is 8.76. The summed E-state index contributed by atoms with van der Waals surface area (Å²) in [5.74, 6) is 0.891. The van der Waals surface area contributed by atoms with Crippen molar-refractivity contribution in [3.8, 4) is 5.75 Å². The SMILES string of the molecule is CC1(C)OB(c2ccccc2COc2ccccc2I)OC1(C)C. The minimum Gasteiger partial charge on any atom is -0.488 e. The molecule has 3 nitrogen and oxygen atoms in total. The van der Waals surface area contributed by atoms with Gasteiger partial charge in [-0.15, -0.1) is 0 Å². The molecular weight excluding hydrogens is 414 g/mol. The zero-order chi connectivity index (χ0) is 17.4. The van der Waals surface area contributed by atoms with Gasteiger partial charge < -0.3 is 14.0 Å². The van der Waals surface area contributed by atoms with Gasteiger partial charge in [-0.05, 0) is 73.4 Å². The number of benzene rings is 2. The Labute approximate surface area is 158 Å². The Morgan fingerprint density at radius 3 is 2.17 bits per heavy atom. The number of ether oxygens (including phenoxy) is 1. The highest BCUT2D eigenvalue weighted by molar-refractivity contribution is 14.1. The molecule has 0 spiro atoms. The van der Waals surface area contributed by atoms with Gasteiger partial charge in [0.05, 0.1) is 14.8 Å². The molecule has 1 heterocycles. The molecule has 0 aliphatic carbocycles. The van der Waals surface area contributed by atoms with E-state index in [-0.39, 0.29) is 18.3 Å². The summed E-state index contributed by atoms with van der Waals surface area (Å²) < 4.78 is 19.5. The molecule has 5 heteroatoms. The van der Waals surface area contributed by atoms with Gasteiger partial charge in [-0.25, -0.2) is 0 Å². The topological polar surface area (TPSA) is 27.7 Å². The molecule has 1 fully saturated rings. The fourth-order valence-corrected chi connectivity index (χ4v) is 3.13. The predicted molar refractivity (Wildman–Crippen MR) is 106 cm³/mol. The van der Waals surface area contributed by atoms with E-state index in [0.29, 0.717) is 6.61 Å². The highest BCUT2D eigenvalue weighted by Crippen LogP contribution is 2.36. The van der Waals surface area contributed by atoms with Gasteiger partial charge in [0.2, 0.25) is 0 Å². The number of hydrogen-bond acceptors (Lipinski definition) is 3. The Balaban J connectivity index is 1.81. The molecule has 1 aliphatic heterocycles.